The number of fused-ring (bicyclic) bond motifs is 5. The molecule has 0 fully saturated rings. The first kappa shape index (κ1) is 15.6. The van der Waals surface area contributed by atoms with Crippen LogP contribution in [0.5, 0.6) is 11.5 Å². The summed E-state index contributed by atoms with van der Waals surface area (Å²) in [6.07, 6.45) is 0.865. The van der Waals surface area contributed by atoms with E-state index in [4.69, 9.17) is 21.1 Å². The third-order valence-electron chi connectivity index (χ3n) is 4.04. The molecule has 1 N–H and O–H groups in total. The second kappa shape index (κ2) is 5.66. The van der Waals surface area contributed by atoms with Gasteiger partial charge in [0, 0.05) is 12.1 Å². The molecule has 2 aliphatic rings. The number of aromatic nitrogens is 4. The predicted molar refractivity (Wildman–Crippen MR) is 94.0 cm³/mol. The quantitative estimate of drug-likeness (QED) is 0.383. The molecular formula is C15H11ClN4O3S2. The van der Waals surface area contributed by atoms with Crippen molar-refractivity contribution in [2.24, 2.45) is 0 Å². The molecule has 5 rings (SSSR count). The highest BCUT2D eigenvalue weighted by atomic mass is 35.5. The van der Waals surface area contributed by atoms with Crippen LogP contribution in [0.2, 0.25) is 5.15 Å². The third kappa shape index (κ3) is 2.30. The molecule has 0 aliphatic carbocycles. The molecular weight excluding hydrogens is 384 g/mol. The van der Waals surface area contributed by atoms with Crippen molar-refractivity contribution in [2.75, 3.05) is 19.5 Å². The second-order valence-electron chi connectivity index (χ2n) is 5.44. The number of hydrogen-bond donors (Lipinski definition) is 1. The van der Waals surface area contributed by atoms with E-state index in [1.807, 2.05) is 18.4 Å². The maximum absolute atomic E-state index is 10.9. The van der Waals surface area contributed by atoms with Crippen molar-refractivity contribution in [2.45, 2.75) is 21.6 Å². The van der Waals surface area contributed by atoms with Gasteiger partial charge in [-0.05, 0) is 18.0 Å². The van der Waals surface area contributed by atoms with Gasteiger partial charge in [-0.2, -0.15) is 0 Å². The Morgan fingerprint density at radius 3 is 2.76 bits per heavy atom. The SMILES string of the molecule is CSc1nc(Cl)c2c(n1)Sc1nc3cc4c(cc3n1C2O)OCCO4. The van der Waals surface area contributed by atoms with Gasteiger partial charge >= 0.3 is 0 Å². The van der Waals surface area contributed by atoms with E-state index < -0.39 is 6.23 Å². The van der Waals surface area contributed by atoms with Gasteiger partial charge in [-0.3, -0.25) is 4.57 Å². The fraction of sp³-hybridized carbons (Fsp3) is 0.267. The molecule has 0 spiro atoms. The summed E-state index contributed by atoms with van der Waals surface area (Å²) in [4.78, 5) is 13.3. The molecule has 10 heteroatoms. The lowest BCUT2D eigenvalue weighted by Crippen LogP contribution is -2.18. The van der Waals surface area contributed by atoms with Crippen LogP contribution in [0.15, 0.2) is 27.5 Å². The van der Waals surface area contributed by atoms with Gasteiger partial charge in [-0.15, -0.1) is 0 Å². The summed E-state index contributed by atoms with van der Waals surface area (Å²) >= 11 is 9.06. The zero-order valence-corrected chi connectivity index (χ0v) is 15.3. The van der Waals surface area contributed by atoms with Crippen molar-refractivity contribution >= 4 is 46.2 Å². The van der Waals surface area contributed by atoms with Crippen LogP contribution in [0.25, 0.3) is 11.0 Å². The number of halogens is 1. The van der Waals surface area contributed by atoms with E-state index in [0.29, 0.717) is 51.1 Å². The number of hydrogen-bond acceptors (Lipinski definition) is 8. The maximum Gasteiger partial charge on any atom is 0.189 e. The van der Waals surface area contributed by atoms with E-state index in [0.717, 1.165) is 5.52 Å². The molecule has 0 radical (unpaired) electrons. The van der Waals surface area contributed by atoms with Gasteiger partial charge in [0.15, 0.2) is 28.0 Å². The van der Waals surface area contributed by atoms with E-state index in [-0.39, 0.29) is 5.15 Å². The Hall–Kier alpha value is -1.68. The van der Waals surface area contributed by atoms with E-state index >= 15 is 0 Å². The van der Waals surface area contributed by atoms with Crippen LogP contribution in [-0.2, 0) is 0 Å². The third-order valence-corrected chi connectivity index (χ3v) is 5.85. The fourth-order valence-corrected chi connectivity index (χ4v) is 4.78. The lowest BCUT2D eigenvalue weighted by molar-refractivity contribution is 0.134. The number of imidazole rings is 1. The van der Waals surface area contributed by atoms with E-state index in [1.165, 1.54) is 23.5 Å². The zero-order valence-electron chi connectivity index (χ0n) is 12.9. The first-order valence-electron chi connectivity index (χ1n) is 7.44. The Morgan fingerprint density at radius 2 is 2.00 bits per heavy atom. The van der Waals surface area contributed by atoms with Crippen LogP contribution < -0.4 is 9.47 Å². The standard InChI is InChI=1S/C15H11ClN4O3S2/c1-24-14-18-11(16)10-12(19-14)25-15-17-6-4-8-9(23-3-2-22-8)5-7(6)20(15)13(10)21/h4-5,13,21H,2-3H2,1H3. The smallest absolute Gasteiger partial charge is 0.189 e. The molecule has 2 aromatic heterocycles. The normalized spacial score (nSPS) is 18.1. The summed E-state index contributed by atoms with van der Waals surface area (Å²) in [6.45, 7) is 1.01. The van der Waals surface area contributed by atoms with Crippen molar-refractivity contribution in [1.82, 2.24) is 19.5 Å². The first-order chi connectivity index (χ1) is 12.2. The minimum Gasteiger partial charge on any atom is -0.486 e. The van der Waals surface area contributed by atoms with Gasteiger partial charge in [-0.25, -0.2) is 15.0 Å². The second-order valence-corrected chi connectivity index (χ2v) is 7.53. The van der Waals surface area contributed by atoms with Crippen LogP contribution in [-0.4, -0.2) is 44.1 Å². The van der Waals surface area contributed by atoms with E-state index in [2.05, 4.69) is 15.0 Å². The number of thioether (sulfide) groups is 1. The monoisotopic (exact) mass is 394 g/mol. The molecule has 0 saturated carbocycles. The van der Waals surface area contributed by atoms with Gasteiger partial charge in [-0.1, -0.05) is 23.4 Å². The zero-order chi connectivity index (χ0) is 17.1. The number of benzene rings is 1. The summed E-state index contributed by atoms with van der Waals surface area (Å²) in [5, 5.41) is 13.0. The number of ether oxygens (including phenoxy) is 2. The Bertz CT molecular complexity index is 1030. The summed E-state index contributed by atoms with van der Waals surface area (Å²) < 4.78 is 13.0. The molecule has 1 unspecified atom stereocenters. The largest absolute Gasteiger partial charge is 0.486 e. The van der Waals surface area contributed by atoms with Gasteiger partial charge in [0.05, 0.1) is 16.6 Å². The van der Waals surface area contributed by atoms with Crippen LogP contribution >= 0.6 is 35.1 Å². The van der Waals surface area contributed by atoms with Gasteiger partial charge in [0.1, 0.15) is 23.4 Å². The Kier molecular flexibility index (Phi) is 3.53. The van der Waals surface area contributed by atoms with Crippen molar-refractivity contribution in [3.8, 4) is 11.5 Å². The Morgan fingerprint density at radius 1 is 1.24 bits per heavy atom. The molecule has 1 atom stereocenters. The molecule has 128 valence electrons. The summed E-state index contributed by atoms with van der Waals surface area (Å²) in [5.41, 5.74) is 1.95. The lowest BCUT2D eigenvalue weighted by Gasteiger charge is -2.24. The molecule has 2 aliphatic heterocycles. The molecule has 3 aromatic rings. The average Bonchev–Trinajstić information content (AvgIpc) is 2.96. The summed E-state index contributed by atoms with van der Waals surface area (Å²) in [5.74, 6) is 1.30. The van der Waals surface area contributed by atoms with Crippen molar-refractivity contribution in [1.29, 1.82) is 0 Å². The van der Waals surface area contributed by atoms with Crippen molar-refractivity contribution in [3.63, 3.8) is 0 Å². The number of aliphatic hydroxyl groups is 1. The van der Waals surface area contributed by atoms with Crippen LogP contribution in [0.4, 0.5) is 0 Å². The first-order valence-corrected chi connectivity index (χ1v) is 9.86. The highest BCUT2D eigenvalue weighted by Crippen LogP contribution is 2.45. The lowest BCUT2D eigenvalue weighted by atomic mass is 10.2. The van der Waals surface area contributed by atoms with Crippen LogP contribution in [0, 0.1) is 0 Å². The predicted octanol–water partition coefficient (Wildman–Crippen LogP) is 2.98. The topological polar surface area (TPSA) is 82.3 Å². The van der Waals surface area contributed by atoms with Gasteiger partial charge in [0.2, 0.25) is 0 Å². The molecule has 0 bridgehead atoms. The van der Waals surface area contributed by atoms with Gasteiger partial charge < -0.3 is 14.6 Å². The van der Waals surface area contributed by atoms with Crippen LogP contribution in [0.1, 0.15) is 11.8 Å². The molecule has 0 saturated heterocycles. The molecule has 7 nitrogen and oxygen atoms in total. The Labute approximate surface area is 155 Å². The van der Waals surface area contributed by atoms with E-state index in [9.17, 15) is 5.11 Å². The minimum absolute atomic E-state index is 0.249. The number of rotatable bonds is 1. The minimum atomic E-state index is -1.01. The molecule has 25 heavy (non-hydrogen) atoms. The van der Waals surface area contributed by atoms with Crippen molar-refractivity contribution < 1.29 is 14.6 Å². The van der Waals surface area contributed by atoms with E-state index in [1.54, 1.807) is 4.57 Å². The summed E-state index contributed by atoms with van der Waals surface area (Å²) in [6, 6.07) is 3.66. The Balaban J connectivity index is 1.72. The average molecular weight is 395 g/mol. The maximum atomic E-state index is 10.9. The number of aliphatic hydroxyl groups excluding tert-OH is 1. The van der Waals surface area contributed by atoms with Crippen molar-refractivity contribution in [3.05, 3.63) is 22.8 Å². The highest BCUT2D eigenvalue weighted by molar-refractivity contribution is 7.99. The molecule has 1 aromatic carbocycles. The summed E-state index contributed by atoms with van der Waals surface area (Å²) in [7, 11) is 0. The molecule has 4 heterocycles. The number of nitrogens with zero attached hydrogens (tertiary/aromatic N) is 4. The van der Waals surface area contributed by atoms with Gasteiger partial charge in [0.25, 0.3) is 0 Å². The van der Waals surface area contributed by atoms with Crippen LogP contribution in [0.3, 0.4) is 0 Å². The highest BCUT2D eigenvalue weighted by Gasteiger charge is 2.32. The fourth-order valence-electron chi connectivity index (χ4n) is 2.92. The molecule has 0 amide bonds.